The molecule has 0 bridgehead atoms. The summed E-state index contributed by atoms with van der Waals surface area (Å²) in [6, 6.07) is 17.4. The van der Waals surface area contributed by atoms with E-state index in [1.165, 1.54) is 6.08 Å². The van der Waals surface area contributed by atoms with Crippen molar-refractivity contribution >= 4 is 18.1 Å². The van der Waals surface area contributed by atoms with Crippen LogP contribution in [-0.2, 0) is 16.1 Å². The minimum Gasteiger partial charge on any atom is -0.488 e. The molecule has 0 aliphatic carbocycles. The number of carbonyl (C=O) groups excluding carboxylic acids is 2. The summed E-state index contributed by atoms with van der Waals surface area (Å²) in [5.74, 6) is 0.154. The Morgan fingerprint density at radius 3 is 2.50 bits per heavy atom. The first-order valence-corrected chi connectivity index (χ1v) is 7.39. The number of allylic oxidation sites excluding steroid dienone is 2. The van der Waals surface area contributed by atoms with E-state index >= 15 is 0 Å². The van der Waals surface area contributed by atoms with Crippen LogP contribution in [0.25, 0.3) is 6.08 Å². The fourth-order valence-electron chi connectivity index (χ4n) is 2.16. The first kappa shape index (κ1) is 15.6. The molecular formula is C19H15NO4. The van der Waals surface area contributed by atoms with Crippen molar-refractivity contribution in [3.05, 3.63) is 83.6 Å². The number of cyclic esters (lactones) is 1. The van der Waals surface area contributed by atoms with E-state index in [-0.39, 0.29) is 5.76 Å². The van der Waals surface area contributed by atoms with E-state index in [9.17, 15) is 9.59 Å². The molecule has 5 heteroatoms. The molecule has 1 aliphatic rings. The molecule has 1 fully saturated rings. The van der Waals surface area contributed by atoms with Crippen LogP contribution in [0.2, 0.25) is 0 Å². The van der Waals surface area contributed by atoms with Gasteiger partial charge in [0.1, 0.15) is 12.4 Å². The summed E-state index contributed by atoms with van der Waals surface area (Å²) in [4.78, 5) is 22.3. The van der Waals surface area contributed by atoms with Gasteiger partial charge >= 0.3 is 6.09 Å². The Balaban J connectivity index is 1.70. The average Bonchev–Trinajstić information content (AvgIpc) is 2.92. The van der Waals surface area contributed by atoms with E-state index in [1.807, 2.05) is 59.9 Å². The number of alkyl carbamates (subject to hydrolysis) is 1. The molecule has 24 heavy (non-hydrogen) atoms. The molecule has 0 radical (unpaired) electrons. The summed E-state index contributed by atoms with van der Waals surface area (Å²) in [5, 5.41) is 2.04. The number of imide groups is 1. The highest BCUT2D eigenvalue weighted by molar-refractivity contribution is 6.07. The molecule has 0 aromatic heterocycles. The third kappa shape index (κ3) is 3.89. The lowest BCUT2D eigenvalue weighted by Gasteiger charge is -2.09. The van der Waals surface area contributed by atoms with Crippen LogP contribution in [0.15, 0.2) is 72.5 Å². The number of nitrogens with one attached hydrogen (secondary N) is 1. The summed E-state index contributed by atoms with van der Waals surface area (Å²) in [6.07, 6.45) is 4.10. The summed E-state index contributed by atoms with van der Waals surface area (Å²) in [6.45, 7) is 0.465. The molecule has 120 valence electrons. The van der Waals surface area contributed by atoms with Crippen molar-refractivity contribution in [2.24, 2.45) is 0 Å². The highest BCUT2D eigenvalue weighted by Gasteiger charge is 2.25. The van der Waals surface area contributed by atoms with Gasteiger partial charge in [-0.3, -0.25) is 10.1 Å². The maximum atomic E-state index is 11.4. The average molecular weight is 321 g/mol. The molecule has 0 unspecified atom stereocenters. The second-order valence-electron chi connectivity index (χ2n) is 5.05. The summed E-state index contributed by atoms with van der Waals surface area (Å²) in [7, 11) is 0. The van der Waals surface area contributed by atoms with Crippen LogP contribution >= 0.6 is 0 Å². The third-order valence-corrected chi connectivity index (χ3v) is 3.32. The molecule has 1 saturated heterocycles. The van der Waals surface area contributed by atoms with Gasteiger partial charge in [0.25, 0.3) is 5.91 Å². The van der Waals surface area contributed by atoms with Gasteiger partial charge in [-0.15, -0.1) is 0 Å². The number of ether oxygens (including phenoxy) is 2. The van der Waals surface area contributed by atoms with Crippen LogP contribution in [0, 0.1) is 0 Å². The Bertz CT molecular complexity index is 809. The van der Waals surface area contributed by atoms with Crippen molar-refractivity contribution < 1.29 is 19.1 Å². The summed E-state index contributed by atoms with van der Waals surface area (Å²) < 4.78 is 10.6. The number of hydrogen-bond donors (Lipinski definition) is 1. The fraction of sp³-hybridized carbons (Fsp3) is 0.0526. The monoisotopic (exact) mass is 321 g/mol. The Labute approximate surface area is 139 Å². The van der Waals surface area contributed by atoms with E-state index < -0.39 is 12.0 Å². The maximum absolute atomic E-state index is 11.4. The number of para-hydroxylation sites is 1. The molecule has 2 aromatic carbocycles. The molecular weight excluding hydrogens is 306 g/mol. The van der Waals surface area contributed by atoms with Crippen molar-refractivity contribution in [3.63, 3.8) is 0 Å². The van der Waals surface area contributed by atoms with Crippen LogP contribution in [0.1, 0.15) is 11.1 Å². The molecule has 2 aromatic rings. The van der Waals surface area contributed by atoms with E-state index in [1.54, 1.807) is 12.2 Å². The number of hydrogen-bond acceptors (Lipinski definition) is 4. The fourth-order valence-corrected chi connectivity index (χ4v) is 2.16. The smallest absolute Gasteiger partial charge is 0.419 e. The number of carbonyl (C=O) groups is 2. The van der Waals surface area contributed by atoms with E-state index in [0.29, 0.717) is 6.61 Å². The first-order chi connectivity index (χ1) is 11.7. The standard InChI is InChI=1S/C19H15NO4/c21-18-17(24-19(22)20-18)12-6-10-15-9-4-5-11-16(15)23-13-14-7-2-1-3-8-14/h1-12H,13H2,(H,20,21,22). The normalized spacial score (nSPS) is 15.6. The lowest BCUT2D eigenvalue weighted by atomic mass is 10.2. The molecule has 3 rings (SSSR count). The second kappa shape index (κ2) is 7.28. The van der Waals surface area contributed by atoms with E-state index in [2.05, 4.69) is 0 Å². The van der Waals surface area contributed by atoms with Gasteiger partial charge < -0.3 is 9.47 Å². The minimum absolute atomic E-state index is 0.0288. The van der Waals surface area contributed by atoms with Gasteiger partial charge in [0, 0.05) is 5.56 Å². The second-order valence-corrected chi connectivity index (χ2v) is 5.05. The van der Waals surface area contributed by atoms with Crippen molar-refractivity contribution in [1.82, 2.24) is 5.32 Å². The Morgan fingerprint density at radius 1 is 1.00 bits per heavy atom. The van der Waals surface area contributed by atoms with Gasteiger partial charge in [0.15, 0.2) is 5.76 Å². The molecule has 0 atom stereocenters. The first-order valence-electron chi connectivity index (χ1n) is 7.39. The zero-order chi connectivity index (χ0) is 16.8. The number of rotatable bonds is 5. The molecule has 1 aliphatic heterocycles. The van der Waals surface area contributed by atoms with Crippen molar-refractivity contribution in [2.45, 2.75) is 6.61 Å². The van der Waals surface area contributed by atoms with Crippen molar-refractivity contribution in [3.8, 4) is 5.75 Å². The summed E-state index contributed by atoms with van der Waals surface area (Å²) >= 11 is 0. The number of benzene rings is 2. The SMILES string of the molecule is O=C1NC(=O)C(=CC=Cc2ccccc2OCc2ccccc2)O1. The lowest BCUT2D eigenvalue weighted by Crippen LogP contribution is -2.18. The van der Waals surface area contributed by atoms with E-state index in [4.69, 9.17) is 9.47 Å². The predicted octanol–water partition coefficient (Wildman–Crippen LogP) is 3.43. The van der Waals surface area contributed by atoms with Gasteiger partial charge in [-0.1, -0.05) is 60.7 Å². The molecule has 1 N–H and O–H groups in total. The van der Waals surface area contributed by atoms with Crippen LogP contribution in [0.3, 0.4) is 0 Å². The maximum Gasteiger partial charge on any atom is 0.419 e. The highest BCUT2D eigenvalue weighted by Crippen LogP contribution is 2.21. The summed E-state index contributed by atoms with van der Waals surface area (Å²) in [5.41, 5.74) is 1.93. The van der Waals surface area contributed by atoms with Gasteiger partial charge in [-0.05, 0) is 17.7 Å². The highest BCUT2D eigenvalue weighted by atomic mass is 16.6. The topological polar surface area (TPSA) is 64.6 Å². The molecule has 1 heterocycles. The molecule has 0 spiro atoms. The van der Waals surface area contributed by atoms with Gasteiger partial charge in [0.05, 0.1) is 0 Å². The zero-order valence-corrected chi connectivity index (χ0v) is 12.8. The van der Waals surface area contributed by atoms with Crippen LogP contribution in [0.4, 0.5) is 4.79 Å². The Morgan fingerprint density at radius 2 is 1.75 bits per heavy atom. The van der Waals surface area contributed by atoms with Crippen LogP contribution in [-0.4, -0.2) is 12.0 Å². The molecule has 0 saturated carbocycles. The largest absolute Gasteiger partial charge is 0.488 e. The zero-order valence-electron chi connectivity index (χ0n) is 12.8. The van der Waals surface area contributed by atoms with Crippen LogP contribution < -0.4 is 10.1 Å². The molecule has 5 nitrogen and oxygen atoms in total. The third-order valence-electron chi connectivity index (χ3n) is 3.32. The van der Waals surface area contributed by atoms with Crippen molar-refractivity contribution in [2.75, 3.05) is 0 Å². The van der Waals surface area contributed by atoms with Crippen LogP contribution in [0.5, 0.6) is 5.75 Å². The Kier molecular flexibility index (Phi) is 4.72. The minimum atomic E-state index is -0.758. The Hall–Kier alpha value is -3.34. The van der Waals surface area contributed by atoms with Gasteiger partial charge in [-0.2, -0.15) is 0 Å². The van der Waals surface area contributed by atoms with Crippen molar-refractivity contribution in [1.29, 1.82) is 0 Å². The van der Waals surface area contributed by atoms with Gasteiger partial charge in [-0.25, -0.2) is 4.79 Å². The van der Waals surface area contributed by atoms with E-state index in [0.717, 1.165) is 16.9 Å². The number of amides is 2. The quantitative estimate of drug-likeness (QED) is 0.857. The molecule has 2 amide bonds. The lowest BCUT2D eigenvalue weighted by molar-refractivity contribution is -0.116. The van der Waals surface area contributed by atoms with Gasteiger partial charge in [0.2, 0.25) is 0 Å². The predicted molar refractivity (Wildman–Crippen MR) is 89.0 cm³/mol.